The highest BCUT2D eigenvalue weighted by Crippen LogP contribution is 2.23. The third kappa shape index (κ3) is 2.76. The lowest BCUT2D eigenvalue weighted by Crippen LogP contribution is -2.04. The zero-order chi connectivity index (χ0) is 14.0. The SMILES string of the molecule is Nc1cc(C(=O)O)cnc1Nc1ccc(F)cc1F. The lowest BCUT2D eigenvalue weighted by atomic mass is 10.2. The van der Waals surface area contributed by atoms with E-state index in [9.17, 15) is 13.6 Å². The number of nitrogens with one attached hydrogen (secondary N) is 1. The Morgan fingerprint density at radius 3 is 2.63 bits per heavy atom. The Morgan fingerprint density at radius 2 is 2.05 bits per heavy atom. The van der Waals surface area contributed by atoms with Crippen LogP contribution in [-0.4, -0.2) is 16.1 Å². The van der Waals surface area contributed by atoms with Crippen molar-refractivity contribution in [1.82, 2.24) is 4.98 Å². The topological polar surface area (TPSA) is 88.2 Å². The van der Waals surface area contributed by atoms with Crippen LogP contribution < -0.4 is 11.1 Å². The zero-order valence-electron chi connectivity index (χ0n) is 9.52. The van der Waals surface area contributed by atoms with Gasteiger partial charge in [0.2, 0.25) is 0 Å². The molecule has 0 aliphatic rings. The van der Waals surface area contributed by atoms with E-state index in [0.717, 1.165) is 12.3 Å². The minimum absolute atomic E-state index is 0.0105. The van der Waals surface area contributed by atoms with E-state index in [-0.39, 0.29) is 22.8 Å². The normalized spacial score (nSPS) is 10.2. The number of pyridine rings is 1. The van der Waals surface area contributed by atoms with Gasteiger partial charge in [0.1, 0.15) is 11.6 Å². The number of anilines is 3. The highest BCUT2D eigenvalue weighted by molar-refractivity contribution is 5.89. The molecule has 0 bridgehead atoms. The summed E-state index contributed by atoms with van der Waals surface area (Å²) < 4.78 is 26.1. The van der Waals surface area contributed by atoms with Gasteiger partial charge in [0.25, 0.3) is 0 Å². The van der Waals surface area contributed by atoms with Crippen LogP contribution in [0.1, 0.15) is 10.4 Å². The third-order valence-electron chi connectivity index (χ3n) is 2.35. The minimum Gasteiger partial charge on any atom is -0.478 e. The fraction of sp³-hybridized carbons (Fsp3) is 0. The van der Waals surface area contributed by atoms with Gasteiger partial charge >= 0.3 is 5.97 Å². The number of hydrogen-bond acceptors (Lipinski definition) is 4. The smallest absolute Gasteiger partial charge is 0.337 e. The molecule has 0 spiro atoms. The molecule has 0 radical (unpaired) electrons. The van der Waals surface area contributed by atoms with E-state index in [1.54, 1.807) is 0 Å². The second kappa shape index (κ2) is 4.89. The number of nitrogens with two attached hydrogens (primary N) is 1. The first-order valence-corrected chi connectivity index (χ1v) is 5.18. The number of hydrogen-bond donors (Lipinski definition) is 3. The van der Waals surface area contributed by atoms with Crippen molar-refractivity contribution >= 4 is 23.2 Å². The number of carboxylic acid groups (broad SMARTS) is 1. The van der Waals surface area contributed by atoms with E-state index in [0.29, 0.717) is 6.07 Å². The molecule has 98 valence electrons. The summed E-state index contributed by atoms with van der Waals surface area (Å²) in [7, 11) is 0. The van der Waals surface area contributed by atoms with Gasteiger partial charge in [-0.05, 0) is 18.2 Å². The number of aromatic carboxylic acids is 1. The van der Waals surface area contributed by atoms with Gasteiger partial charge in [-0.3, -0.25) is 0 Å². The van der Waals surface area contributed by atoms with Crippen molar-refractivity contribution in [3.8, 4) is 0 Å². The summed E-state index contributed by atoms with van der Waals surface area (Å²) in [5, 5.41) is 11.3. The van der Waals surface area contributed by atoms with Crippen LogP contribution in [0.4, 0.5) is 26.0 Å². The Balaban J connectivity index is 2.31. The lowest BCUT2D eigenvalue weighted by molar-refractivity contribution is 0.0696. The zero-order valence-corrected chi connectivity index (χ0v) is 9.52. The molecule has 0 unspecified atom stereocenters. The highest BCUT2D eigenvalue weighted by Gasteiger charge is 2.10. The van der Waals surface area contributed by atoms with Crippen LogP contribution in [-0.2, 0) is 0 Å². The van der Waals surface area contributed by atoms with Gasteiger partial charge in [-0.15, -0.1) is 0 Å². The predicted octanol–water partition coefficient (Wildman–Crippen LogP) is 2.38. The number of rotatable bonds is 3. The van der Waals surface area contributed by atoms with Crippen molar-refractivity contribution in [2.45, 2.75) is 0 Å². The number of carbonyl (C=O) groups is 1. The maximum Gasteiger partial charge on any atom is 0.337 e. The first-order valence-electron chi connectivity index (χ1n) is 5.18. The molecule has 0 atom stereocenters. The minimum atomic E-state index is -1.17. The van der Waals surface area contributed by atoms with E-state index in [2.05, 4.69) is 10.3 Å². The average molecular weight is 265 g/mol. The van der Waals surface area contributed by atoms with E-state index in [1.807, 2.05) is 0 Å². The summed E-state index contributed by atoms with van der Waals surface area (Å²) in [5.74, 6) is -2.58. The predicted molar refractivity (Wildman–Crippen MR) is 65.2 cm³/mol. The molecule has 7 heteroatoms. The Morgan fingerprint density at radius 1 is 1.32 bits per heavy atom. The van der Waals surface area contributed by atoms with Crippen molar-refractivity contribution in [3.63, 3.8) is 0 Å². The molecule has 0 amide bonds. The number of nitrogens with zero attached hydrogens (tertiary/aromatic N) is 1. The third-order valence-corrected chi connectivity index (χ3v) is 2.35. The molecule has 0 aliphatic heterocycles. The Bertz CT molecular complexity index is 647. The molecule has 0 fully saturated rings. The summed E-state index contributed by atoms with van der Waals surface area (Å²) in [6.45, 7) is 0. The molecule has 1 heterocycles. The van der Waals surface area contributed by atoms with Gasteiger partial charge in [0.15, 0.2) is 5.82 Å². The molecule has 19 heavy (non-hydrogen) atoms. The summed E-state index contributed by atoms with van der Waals surface area (Å²) in [5.41, 5.74) is 5.56. The van der Waals surface area contributed by atoms with Crippen molar-refractivity contribution in [2.75, 3.05) is 11.1 Å². The number of halogens is 2. The van der Waals surface area contributed by atoms with E-state index >= 15 is 0 Å². The maximum atomic E-state index is 13.4. The van der Waals surface area contributed by atoms with Crippen LogP contribution in [0.3, 0.4) is 0 Å². The summed E-state index contributed by atoms with van der Waals surface area (Å²) >= 11 is 0. The quantitative estimate of drug-likeness (QED) is 0.793. The van der Waals surface area contributed by atoms with Crippen molar-refractivity contribution in [3.05, 3.63) is 47.7 Å². The van der Waals surface area contributed by atoms with Gasteiger partial charge < -0.3 is 16.2 Å². The maximum absolute atomic E-state index is 13.4. The average Bonchev–Trinajstić information content (AvgIpc) is 2.34. The molecule has 2 rings (SSSR count). The molecule has 0 saturated heterocycles. The molecule has 1 aromatic carbocycles. The molecule has 0 saturated carbocycles. The summed E-state index contributed by atoms with van der Waals surface area (Å²) in [6, 6.07) is 4.17. The van der Waals surface area contributed by atoms with Gasteiger partial charge in [0.05, 0.1) is 16.9 Å². The fourth-order valence-electron chi connectivity index (χ4n) is 1.42. The van der Waals surface area contributed by atoms with Crippen molar-refractivity contribution < 1.29 is 18.7 Å². The van der Waals surface area contributed by atoms with Crippen LogP contribution in [0.2, 0.25) is 0 Å². The number of aromatic nitrogens is 1. The Kier molecular flexibility index (Phi) is 3.28. The van der Waals surface area contributed by atoms with E-state index in [1.165, 1.54) is 12.1 Å². The van der Waals surface area contributed by atoms with Crippen LogP contribution in [0.25, 0.3) is 0 Å². The Labute approximate surface area is 106 Å². The molecular formula is C12H9F2N3O2. The largest absolute Gasteiger partial charge is 0.478 e. The Hall–Kier alpha value is -2.70. The second-order valence-electron chi connectivity index (χ2n) is 3.72. The van der Waals surface area contributed by atoms with Gasteiger partial charge in [-0.2, -0.15) is 0 Å². The van der Waals surface area contributed by atoms with E-state index < -0.39 is 17.6 Å². The van der Waals surface area contributed by atoms with Gasteiger partial charge in [0, 0.05) is 12.3 Å². The standard InChI is InChI=1S/C12H9F2N3O2/c13-7-1-2-10(8(14)4-7)17-11-9(15)3-6(5-16-11)12(18)19/h1-5H,15H2,(H,16,17)(H,18,19). The first-order chi connectivity index (χ1) is 8.97. The number of nitrogen functional groups attached to an aromatic ring is 1. The van der Waals surface area contributed by atoms with Gasteiger partial charge in [-0.25, -0.2) is 18.6 Å². The molecule has 2 aromatic rings. The lowest BCUT2D eigenvalue weighted by Gasteiger charge is -2.09. The summed E-state index contributed by atoms with van der Waals surface area (Å²) in [4.78, 5) is 14.5. The highest BCUT2D eigenvalue weighted by atomic mass is 19.1. The van der Waals surface area contributed by atoms with Gasteiger partial charge in [-0.1, -0.05) is 0 Å². The molecule has 0 aliphatic carbocycles. The monoisotopic (exact) mass is 265 g/mol. The fourth-order valence-corrected chi connectivity index (χ4v) is 1.42. The molecule has 4 N–H and O–H groups in total. The van der Waals surface area contributed by atoms with E-state index in [4.69, 9.17) is 10.8 Å². The van der Waals surface area contributed by atoms with Crippen molar-refractivity contribution in [1.29, 1.82) is 0 Å². The molecular weight excluding hydrogens is 256 g/mol. The molecule has 5 nitrogen and oxygen atoms in total. The summed E-state index contributed by atoms with van der Waals surface area (Å²) in [6.07, 6.45) is 1.09. The number of carboxylic acids is 1. The first kappa shape index (κ1) is 12.7. The van der Waals surface area contributed by atoms with Crippen LogP contribution in [0, 0.1) is 11.6 Å². The van der Waals surface area contributed by atoms with Crippen molar-refractivity contribution in [2.24, 2.45) is 0 Å². The number of benzene rings is 1. The van der Waals surface area contributed by atoms with Crippen LogP contribution >= 0.6 is 0 Å². The molecule has 1 aromatic heterocycles. The van der Waals surface area contributed by atoms with Crippen LogP contribution in [0.15, 0.2) is 30.5 Å². The second-order valence-corrected chi connectivity index (χ2v) is 3.72. The van der Waals surface area contributed by atoms with Crippen LogP contribution in [0.5, 0.6) is 0 Å².